The number of alkyl halides is 3. The van der Waals surface area contributed by atoms with Crippen molar-refractivity contribution < 1.29 is 18.0 Å². The van der Waals surface area contributed by atoms with E-state index in [1.807, 2.05) is 25.1 Å². The van der Waals surface area contributed by atoms with Crippen molar-refractivity contribution in [3.63, 3.8) is 0 Å². The van der Waals surface area contributed by atoms with E-state index >= 15 is 0 Å². The molecule has 37 heavy (non-hydrogen) atoms. The van der Waals surface area contributed by atoms with Gasteiger partial charge in [-0.3, -0.25) is 9.48 Å². The highest BCUT2D eigenvalue weighted by molar-refractivity contribution is 7.12. The average molecular weight is 528 g/mol. The first-order valence-corrected chi connectivity index (χ1v) is 12.8. The predicted octanol–water partition coefficient (Wildman–Crippen LogP) is 5.50. The molecule has 3 aromatic rings. The van der Waals surface area contributed by atoms with Crippen LogP contribution in [0.15, 0.2) is 48.7 Å². The van der Waals surface area contributed by atoms with Gasteiger partial charge in [-0.05, 0) is 56.3 Å². The lowest BCUT2D eigenvalue weighted by Gasteiger charge is -2.33. The first-order chi connectivity index (χ1) is 17.6. The molecule has 0 fully saturated rings. The van der Waals surface area contributed by atoms with Crippen molar-refractivity contribution in [1.29, 1.82) is 5.26 Å². The number of aromatic nitrogens is 2. The lowest BCUT2D eigenvalue weighted by Crippen LogP contribution is -2.37. The van der Waals surface area contributed by atoms with E-state index in [0.717, 1.165) is 23.4 Å². The summed E-state index contributed by atoms with van der Waals surface area (Å²) in [6.45, 7) is 3.51. The van der Waals surface area contributed by atoms with Crippen LogP contribution in [0.4, 0.5) is 13.2 Å². The highest BCUT2D eigenvalue weighted by atomic mass is 32.1. The number of fused-ring (bicyclic) bond motifs is 1. The number of halogens is 3. The Morgan fingerprint density at radius 1 is 1.27 bits per heavy atom. The fourth-order valence-electron chi connectivity index (χ4n) is 4.57. The highest BCUT2D eigenvalue weighted by Crippen LogP contribution is 2.44. The van der Waals surface area contributed by atoms with E-state index in [0.29, 0.717) is 35.6 Å². The number of nitriles is 1. The van der Waals surface area contributed by atoms with Crippen LogP contribution < -0.4 is 0 Å². The SMILES string of the molecule is CCn1cc(-c2ccccc2[C@@H]2CN(C(=O)/C=C/CCN(C)C)Cc3sc(C#N)cc32)c(C(F)(F)F)n1. The second kappa shape index (κ2) is 10.9. The van der Waals surface area contributed by atoms with E-state index in [-0.39, 0.29) is 17.4 Å². The van der Waals surface area contributed by atoms with Crippen LogP contribution in [0.25, 0.3) is 11.1 Å². The molecule has 1 aliphatic heterocycles. The fraction of sp³-hybridized carbons (Fsp3) is 0.370. The molecule has 1 aromatic carbocycles. The number of nitrogens with zero attached hydrogens (tertiary/aromatic N) is 5. The average Bonchev–Trinajstić information content (AvgIpc) is 3.50. The molecule has 0 saturated carbocycles. The van der Waals surface area contributed by atoms with Gasteiger partial charge in [0.2, 0.25) is 5.91 Å². The summed E-state index contributed by atoms with van der Waals surface area (Å²) in [5, 5.41) is 13.3. The van der Waals surface area contributed by atoms with Crippen LogP contribution in [-0.4, -0.2) is 52.7 Å². The van der Waals surface area contributed by atoms with Gasteiger partial charge in [0.1, 0.15) is 10.9 Å². The van der Waals surface area contributed by atoms with Crippen molar-refractivity contribution in [3.8, 4) is 17.2 Å². The summed E-state index contributed by atoms with van der Waals surface area (Å²) in [5.41, 5.74) is 1.05. The molecule has 0 radical (unpaired) electrons. The monoisotopic (exact) mass is 527 g/mol. The number of carbonyl (C=O) groups is 1. The number of hydrogen-bond acceptors (Lipinski definition) is 5. The van der Waals surface area contributed by atoms with Gasteiger partial charge in [0.15, 0.2) is 5.69 Å². The molecule has 0 unspecified atom stereocenters. The first-order valence-electron chi connectivity index (χ1n) is 12.0. The van der Waals surface area contributed by atoms with Crippen molar-refractivity contribution in [1.82, 2.24) is 19.6 Å². The molecule has 3 heterocycles. The van der Waals surface area contributed by atoms with E-state index in [9.17, 15) is 23.2 Å². The molecule has 194 valence electrons. The lowest BCUT2D eigenvalue weighted by molar-refractivity contribution is -0.141. The van der Waals surface area contributed by atoms with Crippen molar-refractivity contribution in [3.05, 3.63) is 75.3 Å². The summed E-state index contributed by atoms with van der Waals surface area (Å²) in [7, 11) is 3.92. The minimum Gasteiger partial charge on any atom is -0.333 e. The van der Waals surface area contributed by atoms with Crippen molar-refractivity contribution in [2.75, 3.05) is 27.2 Å². The molecule has 6 nitrogen and oxygen atoms in total. The van der Waals surface area contributed by atoms with Crippen molar-refractivity contribution in [2.24, 2.45) is 0 Å². The van der Waals surface area contributed by atoms with E-state index in [4.69, 9.17) is 0 Å². The van der Waals surface area contributed by atoms with Gasteiger partial charge >= 0.3 is 6.18 Å². The van der Waals surface area contributed by atoms with Gasteiger partial charge in [-0.1, -0.05) is 30.3 Å². The van der Waals surface area contributed by atoms with E-state index in [2.05, 4.69) is 11.2 Å². The van der Waals surface area contributed by atoms with E-state index in [1.165, 1.54) is 22.2 Å². The third kappa shape index (κ3) is 5.78. The van der Waals surface area contributed by atoms with E-state index in [1.54, 1.807) is 48.2 Å². The van der Waals surface area contributed by atoms with Crippen LogP contribution in [0.5, 0.6) is 0 Å². The molecule has 1 aliphatic rings. The molecular weight excluding hydrogens is 499 g/mol. The third-order valence-electron chi connectivity index (χ3n) is 6.36. The molecule has 0 saturated heterocycles. The molecule has 0 aliphatic carbocycles. The van der Waals surface area contributed by atoms with Crippen molar-refractivity contribution in [2.45, 2.75) is 38.5 Å². The fourth-order valence-corrected chi connectivity index (χ4v) is 5.60. The Balaban J connectivity index is 1.77. The smallest absolute Gasteiger partial charge is 0.333 e. The zero-order valence-corrected chi connectivity index (χ0v) is 21.7. The maximum Gasteiger partial charge on any atom is 0.435 e. The molecule has 1 amide bonds. The molecule has 0 bridgehead atoms. The molecule has 2 aromatic heterocycles. The Morgan fingerprint density at radius 3 is 2.70 bits per heavy atom. The van der Waals surface area contributed by atoms with Crippen LogP contribution in [0, 0.1) is 11.3 Å². The number of rotatable bonds is 7. The number of amides is 1. The molecular formula is C27H28F3N5OS. The maximum atomic E-state index is 13.9. The second-order valence-electron chi connectivity index (χ2n) is 9.20. The normalized spacial score (nSPS) is 15.8. The summed E-state index contributed by atoms with van der Waals surface area (Å²) in [4.78, 5) is 18.2. The number of aryl methyl sites for hydroxylation is 1. The quantitative estimate of drug-likeness (QED) is 0.381. The summed E-state index contributed by atoms with van der Waals surface area (Å²) < 4.78 is 43.1. The molecule has 0 N–H and O–H groups in total. The van der Waals surface area contributed by atoms with Crippen LogP contribution in [-0.2, 0) is 24.1 Å². The minimum absolute atomic E-state index is 0.00858. The van der Waals surface area contributed by atoms with Crippen molar-refractivity contribution >= 4 is 17.2 Å². The largest absolute Gasteiger partial charge is 0.435 e. The summed E-state index contributed by atoms with van der Waals surface area (Å²) in [5.74, 6) is -0.544. The number of thiophene rings is 1. The van der Waals surface area contributed by atoms with Gasteiger partial charge in [-0.15, -0.1) is 11.3 Å². The summed E-state index contributed by atoms with van der Waals surface area (Å²) in [6.07, 6.45) is 0.934. The Morgan fingerprint density at radius 2 is 2.03 bits per heavy atom. The maximum absolute atomic E-state index is 13.9. The zero-order valence-electron chi connectivity index (χ0n) is 20.9. The lowest BCUT2D eigenvalue weighted by atomic mass is 9.83. The summed E-state index contributed by atoms with van der Waals surface area (Å²) >= 11 is 1.32. The second-order valence-corrected chi connectivity index (χ2v) is 10.3. The molecule has 1 atom stereocenters. The summed E-state index contributed by atoms with van der Waals surface area (Å²) in [6, 6.07) is 10.9. The number of hydrogen-bond donors (Lipinski definition) is 0. The molecule has 4 rings (SSSR count). The van der Waals surface area contributed by atoms with Crippen LogP contribution in [0.1, 0.15) is 45.8 Å². The Kier molecular flexibility index (Phi) is 7.85. The van der Waals surface area contributed by atoms with Crippen LogP contribution in [0.2, 0.25) is 0 Å². The standard InChI is InChI=1S/C27H28F3N5OS/c1-4-35-16-23(26(32-35)27(28,29)30)20-10-6-5-9-19(20)22-15-34(25(36)11-7-8-12-33(2)3)17-24-21(22)13-18(14-31)37-24/h5-7,9-11,13,16,22H,4,8,12,15,17H2,1-3H3/b11-7+/t22-/m0/s1. The van der Waals surface area contributed by atoms with Gasteiger partial charge in [-0.25, -0.2) is 0 Å². The Labute approximate surface area is 218 Å². The van der Waals surface area contributed by atoms with Crippen LogP contribution >= 0.6 is 11.3 Å². The topological polar surface area (TPSA) is 65.2 Å². The van der Waals surface area contributed by atoms with Crippen LogP contribution in [0.3, 0.4) is 0 Å². The van der Waals surface area contributed by atoms with Gasteiger partial charge < -0.3 is 9.80 Å². The van der Waals surface area contributed by atoms with Gasteiger partial charge in [0.05, 0.1) is 6.54 Å². The first kappa shape index (κ1) is 26.6. The number of carbonyl (C=O) groups excluding carboxylic acids is 1. The highest BCUT2D eigenvalue weighted by Gasteiger charge is 2.39. The van der Waals surface area contributed by atoms with Gasteiger partial charge in [-0.2, -0.15) is 23.5 Å². The van der Waals surface area contributed by atoms with E-state index < -0.39 is 11.9 Å². The third-order valence-corrected chi connectivity index (χ3v) is 7.40. The Hall–Kier alpha value is -3.42. The molecule has 10 heteroatoms. The van der Waals surface area contributed by atoms with Gasteiger partial charge in [0.25, 0.3) is 0 Å². The zero-order chi connectivity index (χ0) is 26.7. The Bertz CT molecular complexity index is 1350. The number of benzene rings is 1. The minimum atomic E-state index is -4.61. The van der Waals surface area contributed by atoms with Gasteiger partial charge in [0, 0.05) is 42.2 Å². The molecule has 0 spiro atoms. The predicted molar refractivity (Wildman–Crippen MR) is 137 cm³/mol.